The normalized spacial score (nSPS) is 27.1. The number of nitrogens with two attached hydrogens (primary N) is 1. The van der Waals surface area contributed by atoms with Crippen molar-refractivity contribution in [1.29, 1.82) is 0 Å². The summed E-state index contributed by atoms with van der Waals surface area (Å²) in [7, 11) is 0. The molecule has 0 saturated heterocycles. The predicted molar refractivity (Wildman–Crippen MR) is 85.3 cm³/mol. The van der Waals surface area contributed by atoms with Crippen molar-refractivity contribution in [2.75, 3.05) is 6.54 Å². The SMILES string of the molecule is NC1CCCC(C(=O)NCC2(c3ccc(Cl)cc3)CC2)C1. The van der Waals surface area contributed by atoms with Gasteiger partial charge in [-0.15, -0.1) is 0 Å². The number of carbonyl (C=O) groups excluding carboxylic acids is 1. The first kappa shape index (κ1) is 14.9. The van der Waals surface area contributed by atoms with Gasteiger partial charge in [-0.05, 0) is 49.8 Å². The van der Waals surface area contributed by atoms with Crippen LogP contribution >= 0.6 is 11.6 Å². The highest BCUT2D eigenvalue weighted by Gasteiger charge is 2.44. The van der Waals surface area contributed by atoms with Gasteiger partial charge in [-0.3, -0.25) is 4.79 Å². The van der Waals surface area contributed by atoms with Gasteiger partial charge in [0.2, 0.25) is 5.91 Å². The fraction of sp³-hybridized carbons (Fsp3) is 0.588. The monoisotopic (exact) mass is 306 g/mol. The largest absolute Gasteiger partial charge is 0.355 e. The topological polar surface area (TPSA) is 55.1 Å². The van der Waals surface area contributed by atoms with E-state index in [1.165, 1.54) is 5.56 Å². The van der Waals surface area contributed by atoms with Gasteiger partial charge in [0.05, 0.1) is 0 Å². The Bertz CT molecular complexity index is 510. The molecule has 0 radical (unpaired) electrons. The minimum Gasteiger partial charge on any atom is -0.355 e. The Morgan fingerprint density at radius 2 is 2.00 bits per heavy atom. The second-order valence-corrected chi connectivity index (χ2v) is 7.07. The molecule has 3 N–H and O–H groups in total. The van der Waals surface area contributed by atoms with E-state index in [2.05, 4.69) is 17.4 Å². The molecule has 2 aliphatic carbocycles. The Labute approximate surface area is 131 Å². The molecule has 3 rings (SSSR count). The number of halogens is 1. The van der Waals surface area contributed by atoms with Gasteiger partial charge in [0, 0.05) is 28.9 Å². The molecule has 2 saturated carbocycles. The smallest absolute Gasteiger partial charge is 0.223 e. The van der Waals surface area contributed by atoms with Gasteiger partial charge >= 0.3 is 0 Å². The summed E-state index contributed by atoms with van der Waals surface area (Å²) < 4.78 is 0. The van der Waals surface area contributed by atoms with E-state index in [0.717, 1.165) is 50.1 Å². The molecule has 1 amide bonds. The summed E-state index contributed by atoms with van der Waals surface area (Å²) in [5, 5.41) is 3.92. The molecule has 0 aliphatic heterocycles. The van der Waals surface area contributed by atoms with Crippen LogP contribution in [-0.2, 0) is 10.2 Å². The number of hydrogen-bond donors (Lipinski definition) is 2. The van der Waals surface area contributed by atoms with Crippen molar-refractivity contribution < 1.29 is 4.79 Å². The Balaban J connectivity index is 1.57. The molecule has 114 valence electrons. The van der Waals surface area contributed by atoms with Crippen LogP contribution in [0, 0.1) is 5.92 Å². The zero-order valence-corrected chi connectivity index (χ0v) is 13.0. The van der Waals surface area contributed by atoms with Crippen molar-refractivity contribution in [3.05, 3.63) is 34.9 Å². The number of hydrogen-bond acceptors (Lipinski definition) is 2. The highest BCUT2D eigenvalue weighted by molar-refractivity contribution is 6.30. The van der Waals surface area contributed by atoms with E-state index >= 15 is 0 Å². The van der Waals surface area contributed by atoms with Gasteiger partial charge in [-0.25, -0.2) is 0 Å². The van der Waals surface area contributed by atoms with E-state index < -0.39 is 0 Å². The van der Waals surface area contributed by atoms with Crippen molar-refractivity contribution in [2.24, 2.45) is 11.7 Å². The van der Waals surface area contributed by atoms with E-state index in [1.54, 1.807) is 0 Å². The summed E-state index contributed by atoms with van der Waals surface area (Å²) in [6.07, 6.45) is 6.21. The number of benzene rings is 1. The third-order valence-electron chi connectivity index (χ3n) is 5.00. The van der Waals surface area contributed by atoms with Gasteiger partial charge in [-0.2, -0.15) is 0 Å². The maximum Gasteiger partial charge on any atom is 0.223 e. The van der Waals surface area contributed by atoms with Gasteiger partial charge in [0.1, 0.15) is 0 Å². The highest BCUT2D eigenvalue weighted by atomic mass is 35.5. The van der Waals surface area contributed by atoms with Crippen LogP contribution in [0.3, 0.4) is 0 Å². The quantitative estimate of drug-likeness (QED) is 0.898. The molecule has 2 atom stereocenters. The summed E-state index contributed by atoms with van der Waals surface area (Å²) in [6.45, 7) is 0.735. The molecule has 21 heavy (non-hydrogen) atoms. The van der Waals surface area contributed by atoms with Crippen LogP contribution in [0.2, 0.25) is 5.02 Å². The van der Waals surface area contributed by atoms with Crippen LogP contribution in [0.25, 0.3) is 0 Å². The third kappa shape index (κ3) is 3.41. The van der Waals surface area contributed by atoms with Gasteiger partial charge in [0.15, 0.2) is 0 Å². The highest BCUT2D eigenvalue weighted by Crippen LogP contribution is 2.47. The number of rotatable bonds is 4. The van der Waals surface area contributed by atoms with E-state index in [0.29, 0.717) is 0 Å². The summed E-state index contributed by atoms with van der Waals surface area (Å²) in [5.74, 6) is 0.292. The average Bonchev–Trinajstić information content (AvgIpc) is 3.27. The van der Waals surface area contributed by atoms with E-state index in [-0.39, 0.29) is 23.3 Å². The minimum absolute atomic E-state index is 0.106. The third-order valence-corrected chi connectivity index (χ3v) is 5.25. The van der Waals surface area contributed by atoms with E-state index in [4.69, 9.17) is 17.3 Å². The molecule has 0 spiro atoms. The second-order valence-electron chi connectivity index (χ2n) is 6.63. The summed E-state index contributed by atoms with van der Waals surface area (Å²) in [4.78, 5) is 12.3. The zero-order chi connectivity index (χ0) is 14.9. The van der Waals surface area contributed by atoms with Crippen LogP contribution in [-0.4, -0.2) is 18.5 Å². The van der Waals surface area contributed by atoms with Crippen molar-refractivity contribution >= 4 is 17.5 Å². The van der Waals surface area contributed by atoms with Crippen LogP contribution in [0.4, 0.5) is 0 Å². The first-order valence-electron chi connectivity index (χ1n) is 7.88. The molecule has 0 bridgehead atoms. The van der Waals surface area contributed by atoms with Gasteiger partial charge in [0.25, 0.3) is 0 Å². The molecule has 4 heteroatoms. The van der Waals surface area contributed by atoms with Gasteiger partial charge in [-0.1, -0.05) is 30.2 Å². The molecular formula is C17H23ClN2O. The Morgan fingerprint density at radius 3 is 2.62 bits per heavy atom. The fourth-order valence-corrected chi connectivity index (χ4v) is 3.51. The number of amides is 1. The molecular weight excluding hydrogens is 284 g/mol. The average molecular weight is 307 g/mol. The second kappa shape index (κ2) is 5.98. The van der Waals surface area contributed by atoms with E-state index in [9.17, 15) is 4.79 Å². The lowest BCUT2D eigenvalue weighted by molar-refractivity contribution is -0.126. The Morgan fingerprint density at radius 1 is 1.29 bits per heavy atom. The lowest BCUT2D eigenvalue weighted by Crippen LogP contribution is -2.40. The molecule has 0 heterocycles. The predicted octanol–water partition coefficient (Wildman–Crippen LogP) is 3.01. The standard InChI is InChI=1S/C17H23ClN2O/c18-14-6-4-13(5-7-14)17(8-9-17)11-20-16(21)12-2-1-3-15(19)10-12/h4-7,12,15H,1-3,8-11,19H2,(H,20,21). The summed E-state index contributed by atoms with van der Waals surface area (Å²) in [5.41, 5.74) is 7.39. The lowest BCUT2D eigenvalue weighted by atomic mass is 9.85. The summed E-state index contributed by atoms with van der Waals surface area (Å²) in [6, 6.07) is 8.22. The molecule has 2 unspecified atom stereocenters. The Kier molecular flexibility index (Phi) is 4.23. The van der Waals surface area contributed by atoms with Crippen LogP contribution in [0.5, 0.6) is 0 Å². The summed E-state index contributed by atoms with van der Waals surface area (Å²) >= 11 is 5.94. The molecule has 1 aromatic rings. The van der Waals surface area contributed by atoms with E-state index in [1.807, 2.05) is 12.1 Å². The first-order valence-corrected chi connectivity index (χ1v) is 8.26. The van der Waals surface area contributed by atoms with Crippen LogP contribution in [0.15, 0.2) is 24.3 Å². The molecule has 0 aromatic heterocycles. The Hall–Kier alpha value is -1.06. The van der Waals surface area contributed by atoms with Crippen molar-refractivity contribution in [3.63, 3.8) is 0 Å². The van der Waals surface area contributed by atoms with Crippen LogP contribution in [0.1, 0.15) is 44.1 Å². The molecule has 2 fully saturated rings. The lowest BCUT2D eigenvalue weighted by Gasteiger charge is -2.26. The van der Waals surface area contributed by atoms with Crippen molar-refractivity contribution in [3.8, 4) is 0 Å². The van der Waals surface area contributed by atoms with Crippen LogP contribution < -0.4 is 11.1 Å². The minimum atomic E-state index is 0.106. The first-order chi connectivity index (χ1) is 10.1. The molecule has 2 aliphatic rings. The number of nitrogens with one attached hydrogen (secondary N) is 1. The fourth-order valence-electron chi connectivity index (χ4n) is 3.39. The molecule has 3 nitrogen and oxygen atoms in total. The zero-order valence-electron chi connectivity index (χ0n) is 12.3. The number of carbonyl (C=O) groups is 1. The van der Waals surface area contributed by atoms with Crippen molar-refractivity contribution in [2.45, 2.75) is 50.0 Å². The molecule has 1 aromatic carbocycles. The maximum absolute atomic E-state index is 12.3. The van der Waals surface area contributed by atoms with Crippen molar-refractivity contribution in [1.82, 2.24) is 5.32 Å². The maximum atomic E-state index is 12.3. The van der Waals surface area contributed by atoms with Gasteiger partial charge < -0.3 is 11.1 Å².